The highest BCUT2D eigenvalue weighted by molar-refractivity contribution is 7.94. The van der Waals surface area contributed by atoms with Gasteiger partial charge in [-0.15, -0.1) is 0 Å². The van der Waals surface area contributed by atoms with Gasteiger partial charge in [0.25, 0.3) is 0 Å². The van der Waals surface area contributed by atoms with Crippen molar-refractivity contribution >= 4 is 23.6 Å². The molecule has 0 aliphatic heterocycles. The Hall–Kier alpha value is -1.73. The summed E-state index contributed by atoms with van der Waals surface area (Å²) >= 11 is 0.696. The minimum atomic E-state index is -0.447. The van der Waals surface area contributed by atoms with Gasteiger partial charge in [0.2, 0.25) is 0 Å². The predicted molar refractivity (Wildman–Crippen MR) is 68.4 cm³/mol. The number of carbonyl (C=O) groups is 2. The fourth-order valence-corrected chi connectivity index (χ4v) is 2.91. The smallest absolute Gasteiger partial charge is 0.171 e. The van der Waals surface area contributed by atoms with Gasteiger partial charge in [0.1, 0.15) is 0 Å². The lowest BCUT2D eigenvalue weighted by Gasteiger charge is -2.28. The Morgan fingerprint density at radius 1 is 1.00 bits per heavy atom. The van der Waals surface area contributed by atoms with Crippen LogP contribution in [0.15, 0.2) is 47.4 Å². The molecule has 5 nitrogen and oxygen atoms in total. The summed E-state index contributed by atoms with van der Waals surface area (Å²) in [5, 5.41) is 13.1. The van der Waals surface area contributed by atoms with Gasteiger partial charge >= 0.3 is 0 Å². The van der Waals surface area contributed by atoms with E-state index in [1.54, 1.807) is 42.5 Å². The van der Waals surface area contributed by atoms with Crippen molar-refractivity contribution < 1.29 is 24.2 Å². The van der Waals surface area contributed by atoms with Gasteiger partial charge in [-0.1, -0.05) is 24.3 Å². The Balaban J connectivity index is 2.01. The number of hydrogen-bond acceptors (Lipinski definition) is 6. The van der Waals surface area contributed by atoms with Gasteiger partial charge in [0, 0.05) is 16.0 Å². The summed E-state index contributed by atoms with van der Waals surface area (Å²) in [6.45, 7) is 0. The van der Waals surface area contributed by atoms with Crippen molar-refractivity contribution in [2.24, 2.45) is 11.8 Å². The zero-order chi connectivity index (χ0) is 14.1. The van der Waals surface area contributed by atoms with Gasteiger partial charge in [-0.25, -0.2) is 0 Å². The zero-order valence-electron chi connectivity index (χ0n) is 10.1. The molecular weight excluding hydrogens is 280 g/mol. The Morgan fingerprint density at radius 3 is 2.30 bits per heavy atom. The summed E-state index contributed by atoms with van der Waals surface area (Å²) in [6, 6.07) is 4.73. The summed E-state index contributed by atoms with van der Waals surface area (Å²) in [5.41, 5.74) is 0.763. The van der Waals surface area contributed by atoms with E-state index in [1.807, 2.05) is 0 Å². The monoisotopic (exact) mass is 289 g/mol. The van der Waals surface area contributed by atoms with E-state index in [1.165, 1.54) is 0 Å². The standard InChI is InChI=1S/C14H10O5S/c15-13-9-3-1-2-4-10(9)14(16)12-7-8(20-19-18-17)5-6-11(12)13/h1-7,9-10,17H/p-1. The van der Waals surface area contributed by atoms with Gasteiger partial charge in [0.15, 0.2) is 11.6 Å². The summed E-state index contributed by atoms with van der Waals surface area (Å²) < 4.78 is 4.22. The zero-order valence-corrected chi connectivity index (χ0v) is 11.0. The second kappa shape index (κ2) is 5.34. The minimum absolute atomic E-state index is 0.0669. The summed E-state index contributed by atoms with van der Waals surface area (Å²) in [4.78, 5) is 25.3. The Morgan fingerprint density at radius 2 is 1.65 bits per heavy atom. The number of ketones is 2. The van der Waals surface area contributed by atoms with Crippen LogP contribution in [0.5, 0.6) is 0 Å². The number of benzene rings is 1. The van der Waals surface area contributed by atoms with Crippen LogP contribution in [0.4, 0.5) is 0 Å². The van der Waals surface area contributed by atoms with Crippen molar-refractivity contribution in [3.63, 3.8) is 0 Å². The quantitative estimate of drug-likeness (QED) is 0.478. The van der Waals surface area contributed by atoms with E-state index in [2.05, 4.69) is 9.37 Å². The highest BCUT2D eigenvalue weighted by Gasteiger charge is 2.39. The fourth-order valence-electron chi connectivity index (χ4n) is 2.51. The molecule has 0 N–H and O–H groups in total. The summed E-state index contributed by atoms with van der Waals surface area (Å²) in [5.74, 6) is -1.03. The van der Waals surface area contributed by atoms with Crippen LogP contribution in [0.2, 0.25) is 0 Å². The lowest BCUT2D eigenvalue weighted by atomic mass is 9.72. The normalized spacial score (nSPS) is 23.6. The summed E-state index contributed by atoms with van der Waals surface area (Å²) in [7, 11) is 0. The van der Waals surface area contributed by atoms with Crippen LogP contribution >= 0.6 is 12.0 Å². The number of carbonyl (C=O) groups excluding carboxylic acids is 2. The van der Waals surface area contributed by atoms with E-state index >= 15 is 0 Å². The molecule has 1 aromatic carbocycles. The Kier molecular flexibility index (Phi) is 3.54. The van der Waals surface area contributed by atoms with Gasteiger partial charge in [-0.05, 0) is 18.2 Å². The number of hydrogen-bond donors (Lipinski definition) is 0. The topological polar surface area (TPSA) is 75.7 Å². The van der Waals surface area contributed by atoms with Crippen LogP contribution < -0.4 is 5.26 Å². The molecule has 102 valence electrons. The van der Waals surface area contributed by atoms with Crippen LogP contribution in [-0.4, -0.2) is 11.6 Å². The third-order valence-corrected chi connectivity index (χ3v) is 3.99. The molecular formula is C14H9O5S-. The van der Waals surface area contributed by atoms with Gasteiger partial charge in [-0.3, -0.25) is 14.6 Å². The van der Waals surface area contributed by atoms with Crippen molar-refractivity contribution in [3.8, 4) is 0 Å². The Bertz CT molecular complexity index is 634. The Labute approximate surface area is 118 Å². The first-order chi connectivity index (χ1) is 9.72. The number of rotatable bonds is 3. The molecule has 0 bridgehead atoms. The third-order valence-electron chi connectivity index (χ3n) is 3.42. The maximum absolute atomic E-state index is 12.4. The van der Waals surface area contributed by atoms with E-state index in [0.29, 0.717) is 28.1 Å². The number of Topliss-reactive ketones (excluding diaryl/α,β-unsaturated/α-hetero) is 2. The maximum atomic E-state index is 12.4. The highest BCUT2D eigenvalue weighted by Crippen LogP contribution is 2.35. The first-order valence-electron chi connectivity index (χ1n) is 5.93. The molecule has 0 spiro atoms. The van der Waals surface area contributed by atoms with Crippen molar-refractivity contribution in [2.45, 2.75) is 4.90 Å². The molecule has 0 amide bonds. The lowest BCUT2D eigenvalue weighted by molar-refractivity contribution is -0.777. The molecule has 2 atom stereocenters. The molecule has 0 radical (unpaired) electrons. The average Bonchev–Trinajstić information content (AvgIpc) is 2.50. The van der Waals surface area contributed by atoms with Crippen molar-refractivity contribution in [1.82, 2.24) is 0 Å². The molecule has 3 rings (SSSR count). The van der Waals surface area contributed by atoms with Crippen molar-refractivity contribution in [2.75, 3.05) is 0 Å². The molecule has 2 aliphatic carbocycles. The molecule has 2 aliphatic rings. The second-order valence-electron chi connectivity index (χ2n) is 4.48. The first kappa shape index (κ1) is 13.3. The molecule has 0 fully saturated rings. The van der Waals surface area contributed by atoms with Gasteiger partial charge in [-0.2, -0.15) is 4.33 Å². The van der Waals surface area contributed by atoms with Crippen LogP contribution in [-0.2, 0) is 9.37 Å². The SMILES string of the molecule is O=C1c2ccc(SOO[O-])cc2C(=O)C2C=CC=CC12. The first-order valence-corrected chi connectivity index (χ1v) is 6.67. The van der Waals surface area contributed by atoms with Crippen LogP contribution in [0.25, 0.3) is 0 Å². The van der Waals surface area contributed by atoms with E-state index < -0.39 is 11.8 Å². The fraction of sp³-hybridized carbons (Fsp3) is 0.143. The number of fused-ring (bicyclic) bond motifs is 2. The van der Waals surface area contributed by atoms with E-state index in [0.717, 1.165) is 0 Å². The van der Waals surface area contributed by atoms with E-state index in [4.69, 9.17) is 0 Å². The van der Waals surface area contributed by atoms with Crippen LogP contribution in [0, 0.1) is 11.8 Å². The maximum Gasteiger partial charge on any atom is 0.171 e. The van der Waals surface area contributed by atoms with E-state index in [-0.39, 0.29) is 11.6 Å². The molecule has 2 unspecified atom stereocenters. The number of allylic oxidation sites excluding steroid dienone is 4. The molecule has 6 heteroatoms. The predicted octanol–water partition coefficient (Wildman–Crippen LogP) is 1.65. The van der Waals surface area contributed by atoms with Crippen molar-refractivity contribution in [3.05, 3.63) is 53.6 Å². The van der Waals surface area contributed by atoms with Gasteiger partial charge in [0.05, 0.1) is 23.9 Å². The second-order valence-corrected chi connectivity index (χ2v) is 5.25. The van der Waals surface area contributed by atoms with Crippen molar-refractivity contribution in [1.29, 1.82) is 0 Å². The largest absolute Gasteiger partial charge is 0.691 e. The highest BCUT2D eigenvalue weighted by atomic mass is 32.2. The minimum Gasteiger partial charge on any atom is -0.691 e. The molecule has 20 heavy (non-hydrogen) atoms. The average molecular weight is 289 g/mol. The molecule has 1 aromatic rings. The van der Waals surface area contributed by atoms with Gasteiger partial charge < -0.3 is 5.26 Å². The molecule has 0 heterocycles. The third kappa shape index (κ3) is 2.12. The molecule has 0 saturated heterocycles. The van der Waals surface area contributed by atoms with E-state index in [9.17, 15) is 14.8 Å². The molecule has 0 saturated carbocycles. The van der Waals surface area contributed by atoms with Crippen LogP contribution in [0.3, 0.4) is 0 Å². The lowest BCUT2D eigenvalue weighted by Crippen LogP contribution is -2.35. The summed E-state index contributed by atoms with van der Waals surface area (Å²) in [6.07, 6.45) is 7.04. The molecule has 0 aromatic heterocycles. The van der Waals surface area contributed by atoms with Crippen LogP contribution in [0.1, 0.15) is 20.7 Å².